The largest absolute Gasteiger partial charge is 0.466 e. The molecule has 0 N–H and O–H groups in total. The van der Waals surface area contributed by atoms with Crippen LogP contribution < -0.4 is 0 Å². The Bertz CT molecular complexity index is 491. The first-order chi connectivity index (χ1) is 8.13. The first-order valence-corrected chi connectivity index (χ1v) is 4.96. The first kappa shape index (κ1) is 12.8. The van der Waals surface area contributed by atoms with Crippen LogP contribution in [0.4, 0.5) is 4.39 Å². The molecule has 0 aliphatic heterocycles. The van der Waals surface area contributed by atoms with Gasteiger partial charge in [0.2, 0.25) is 0 Å². The van der Waals surface area contributed by atoms with Crippen LogP contribution in [0.25, 0.3) is 0 Å². The molecule has 0 saturated heterocycles. The van der Waals surface area contributed by atoms with Gasteiger partial charge in [-0.1, -0.05) is 6.07 Å². The van der Waals surface area contributed by atoms with Crippen molar-refractivity contribution < 1.29 is 18.7 Å². The normalized spacial score (nSPS) is 9.47. The Balaban J connectivity index is 3.08. The third-order valence-electron chi connectivity index (χ3n) is 2.13. The molecule has 1 aromatic carbocycles. The van der Waals surface area contributed by atoms with E-state index in [0.29, 0.717) is 6.29 Å². The fourth-order valence-electron chi connectivity index (χ4n) is 1.35. The van der Waals surface area contributed by atoms with Crippen LogP contribution >= 0.6 is 0 Å². The van der Waals surface area contributed by atoms with Gasteiger partial charge in [-0.05, 0) is 13.0 Å². The fraction of sp³-hybridized carbons (Fsp3) is 0.250. The molecule has 0 heterocycles. The molecule has 0 aliphatic rings. The number of halogens is 1. The van der Waals surface area contributed by atoms with E-state index < -0.39 is 11.8 Å². The zero-order chi connectivity index (χ0) is 12.8. The molecule has 0 spiro atoms. The van der Waals surface area contributed by atoms with E-state index in [-0.39, 0.29) is 29.7 Å². The van der Waals surface area contributed by atoms with Crippen molar-refractivity contribution in [3.63, 3.8) is 0 Å². The molecular formula is C12H10FNO3. The zero-order valence-corrected chi connectivity index (χ0v) is 9.20. The molecule has 0 bridgehead atoms. The van der Waals surface area contributed by atoms with Gasteiger partial charge in [0.15, 0.2) is 6.29 Å². The Hall–Kier alpha value is -2.22. The van der Waals surface area contributed by atoms with Crippen molar-refractivity contribution in [1.82, 2.24) is 0 Å². The van der Waals surface area contributed by atoms with E-state index in [9.17, 15) is 14.0 Å². The van der Waals surface area contributed by atoms with Gasteiger partial charge in [0.25, 0.3) is 0 Å². The molecular weight excluding hydrogens is 225 g/mol. The molecule has 0 radical (unpaired) electrons. The van der Waals surface area contributed by atoms with E-state index in [1.807, 2.05) is 0 Å². The predicted octanol–water partition coefficient (Wildman–Crippen LogP) is 1.62. The van der Waals surface area contributed by atoms with Crippen LogP contribution in [0.2, 0.25) is 0 Å². The second kappa shape index (κ2) is 5.75. The van der Waals surface area contributed by atoms with E-state index in [4.69, 9.17) is 5.26 Å². The standard InChI is InChI=1S/C12H10FNO3/c1-2-17-11(16)5-8-3-4-9(7-15)10(6-14)12(8)13/h3-4,7H,2,5H2,1H3. The molecule has 0 aliphatic carbocycles. The number of nitrogens with zero attached hydrogens (tertiary/aromatic N) is 1. The lowest BCUT2D eigenvalue weighted by atomic mass is 10.0. The van der Waals surface area contributed by atoms with Crippen LogP contribution in [0, 0.1) is 17.1 Å². The zero-order valence-electron chi connectivity index (χ0n) is 9.20. The van der Waals surface area contributed by atoms with Crippen molar-refractivity contribution in [1.29, 1.82) is 5.26 Å². The number of rotatable bonds is 4. The molecule has 1 rings (SSSR count). The third-order valence-corrected chi connectivity index (χ3v) is 2.13. The summed E-state index contributed by atoms with van der Waals surface area (Å²) in [6, 6.07) is 4.21. The molecule has 0 saturated carbocycles. The highest BCUT2D eigenvalue weighted by molar-refractivity contribution is 5.80. The molecule has 4 nitrogen and oxygen atoms in total. The smallest absolute Gasteiger partial charge is 0.310 e. The summed E-state index contributed by atoms with van der Waals surface area (Å²) in [5.41, 5.74) is -0.329. The van der Waals surface area contributed by atoms with Gasteiger partial charge in [-0.15, -0.1) is 0 Å². The predicted molar refractivity (Wildman–Crippen MR) is 56.8 cm³/mol. The lowest BCUT2D eigenvalue weighted by Crippen LogP contribution is -2.10. The van der Waals surface area contributed by atoms with E-state index in [1.54, 1.807) is 13.0 Å². The van der Waals surface area contributed by atoms with Crippen LogP contribution in [0.3, 0.4) is 0 Å². The van der Waals surface area contributed by atoms with Crippen molar-refractivity contribution in [3.8, 4) is 6.07 Å². The van der Waals surface area contributed by atoms with Gasteiger partial charge < -0.3 is 4.74 Å². The number of esters is 1. The summed E-state index contributed by atoms with van der Waals surface area (Å²) in [4.78, 5) is 21.7. The fourth-order valence-corrected chi connectivity index (χ4v) is 1.35. The maximum atomic E-state index is 13.7. The number of nitriles is 1. The number of carbonyl (C=O) groups is 2. The Kier molecular flexibility index (Phi) is 4.35. The minimum atomic E-state index is -0.842. The van der Waals surface area contributed by atoms with E-state index >= 15 is 0 Å². The highest BCUT2D eigenvalue weighted by Gasteiger charge is 2.15. The minimum Gasteiger partial charge on any atom is -0.466 e. The van der Waals surface area contributed by atoms with Gasteiger partial charge in [0, 0.05) is 11.1 Å². The SMILES string of the molecule is CCOC(=O)Cc1ccc(C=O)c(C#N)c1F. The number of hydrogen-bond acceptors (Lipinski definition) is 4. The summed E-state index contributed by atoms with van der Waals surface area (Å²) in [6.45, 7) is 1.85. The average molecular weight is 235 g/mol. The van der Waals surface area contributed by atoms with Crippen LogP contribution in [-0.4, -0.2) is 18.9 Å². The van der Waals surface area contributed by atoms with Crippen molar-refractivity contribution in [3.05, 3.63) is 34.6 Å². The molecule has 0 unspecified atom stereocenters. The molecule has 17 heavy (non-hydrogen) atoms. The lowest BCUT2D eigenvalue weighted by Gasteiger charge is -2.05. The topological polar surface area (TPSA) is 67.2 Å². The molecule has 0 aromatic heterocycles. The molecule has 0 atom stereocenters. The lowest BCUT2D eigenvalue weighted by molar-refractivity contribution is -0.142. The molecule has 88 valence electrons. The van der Waals surface area contributed by atoms with Crippen molar-refractivity contribution >= 4 is 12.3 Å². The van der Waals surface area contributed by atoms with Crippen molar-refractivity contribution in [2.24, 2.45) is 0 Å². The highest BCUT2D eigenvalue weighted by Crippen LogP contribution is 2.17. The Morgan fingerprint density at radius 1 is 1.59 bits per heavy atom. The van der Waals surface area contributed by atoms with Crippen molar-refractivity contribution in [2.75, 3.05) is 6.61 Å². The number of benzene rings is 1. The number of carbonyl (C=O) groups excluding carboxylic acids is 2. The highest BCUT2D eigenvalue weighted by atomic mass is 19.1. The summed E-state index contributed by atoms with van der Waals surface area (Å²) < 4.78 is 18.4. The maximum absolute atomic E-state index is 13.7. The molecule has 0 amide bonds. The molecule has 5 heteroatoms. The summed E-state index contributed by atoms with van der Waals surface area (Å²) >= 11 is 0. The van der Waals surface area contributed by atoms with Gasteiger partial charge in [-0.25, -0.2) is 4.39 Å². The second-order valence-corrected chi connectivity index (χ2v) is 3.21. The summed E-state index contributed by atoms with van der Waals surface area (Å²) in [5.74, 6) is -1.42. The van der Waals surface area contributed by atoms with Gasteiger partial charge >= 0.3 is 5.97 Å². The summed E-state index contributed by atoms with van der Waals surface area (Å²) in [5, 5.41) is 8.73. The number of ether oxygens (including phenoxy) is 1. The van der Waals surface area contributed by atoms with Crippen LogP contribution in [0.15, 0.2) is 12.1 Å². The summed E-state index contributed by atoms with van der Waals surface area (Å²) in [7, 11) is 0. The minimum absolute atomic E-state index is 0.0300. The molecule has 1 aromatic rings. The van der Waals surface area contributed by atoms with Gasteiger partial charge in [-0.2, -0.15) is 5.26 Å². The Morgan fingerprint density at radius 3 is 2.82 bits per heavy atom. The van der Waals surface area contributed by atoms with E-state index in [0.717, 1.165) is 0 Å². The monoisotopic (exact) mass is 235 g/mol. The molecule has 0 fully saturated rings. The first-order valence-electron chi connectivity index (χ1n) is 4.96. The van der Waals surface area contributed by atoms with E-state index in [2.05, 4.69) is 4.74 Å². The number of hydrogen-bond donors (Lipinski definition) is 0. The quantitative estimate of drug-likeness (QED) is 0.587. The van der Waals surface area contributed by atoms with Crippen molar-refractivity contribution in [2.45, 2.75) is 13.3 Å². The second-order valence-electron chi connectivity index (χ2n) is 3.21. The van der Waals surface area contributed by atoms with Gasteiger partial charge in [-0.3, -0.25) is 9.59 Å². The summed E-state index contributed by atoms with van der Waals surface area (Å²) in [6.07, 6.45) is 0.142. The van der Waals surface area contributed by atoms with Gasteiger partial charge in [0.05, 0.1) is 18.6 Å². The van der Waals surface area contributed by atoms with Crippen LogP contribution in [-0.2, 0) is 16.0 Å². The average Bonchev–Trinajstić information content (AvgIpc) is 2.31. The van der Waals surface area contributed by atoms with Crippen LogP contribution in [0.5, 0.6) is 0 Å². The van der Waals surface area contributed by atoms with Gasteiger partial charge in [0.1, 0.15) is 11.9 Å². The van der Waals surface area contributed by atoms with E-state index in [1.165, 1.54) is 12.1 Å². The number of aldehydes is 1. The van der Waals surface area contributed by atoms with Crippen LogP contribution in [0.1, 0.15) is 28.4 Å². The Morgan fingerprint density at radius 2 is 2.29 bits per heavy atom. The maximum Gasteiger partial charge on any atom is 0.310 e. The Labute approximate surface area is 97.6 Å². The third kappa shape index (κ3) is 2.88.